The molecule has 2 saturated heterocycles. The number of anilines is 2. The quantitative estimate of drug-likeness (QED) is 0.0788. The first kappa shape index (κ1) is 32.9. The third-order valence-electron chi connectivity index (χ3n) is 9.01. The van der Waals surface area contributed by atoms with Crippen LogP contribution in [0.4, 0.5) is 10.9 Å². The second-order valence-electron chi connectivity index (χ2n) is 12.0. The van der Waals surface area contributed by atoms with Crippen LogP contribution in [0.15, 0.2) is 53.0 Å². The van der Waals surface area contributed by atoms with Gasteiger partial charge in [-0.25, -0.2) is 9.78 Å². The molecule has 5 N–H and O–H groups in total. The van der Waals surface area contributed by atoms with E-state index in [2.05, 4.69) is 42.1 Å². The minimum atomic E-state index is -1.21. The summed E-state index contributed by atoms with van der Waals surface area (Å²) in [6, 6.07) is 9.23. The number of aromatic nitrogens is 3. The number of fused-ring (bicyclic) bond motifs is 2. The van der Waals surface area contributed by atoms with Crippen LogP contribution in [-0.4, -0.2) is 97.8 Å². The molecule has 18 heteroatoms. The van der Waals surface area contributed by atoms with E-state index in [1.165, 1.54) is 23.8 Å². The smallest absolute Gasteiger partial charge is 0.352 e. The maximum atomic E-state index is 13.3. The van der Waals surface area contributed by atoms with Gasteiger partial charge in [0.25, 0.3) is 11.8 Å². The first-order valence-corrected chi connectivity index (χ1v) is 17.9. The van der Waals surface area contributed by atoms with E-state index >= 15 is 0 Å². The molecule has 256 valence electrons. The molecule has 3 aromatic rings. The Morgan fingerprint density at radius 2 is 1.96 bits per heavy atom. The maximum absolute atomic E-state index is 13.3. The zero-order valence-corrected chi connectivity index (χ0v) is 28.9. The number of carbonyl (C=O) groups is 3. The van der Waals surface area contributed by atoms with Crippen LogP contribution >= 0.6 is 34.7 Å². The Morgan fingerprint density at radius 3 is 2.63 bits per heavy atom. The van der Waals surface area contributed by atoms with Gasteiger partial charge in [-0.3, -0.25) is 19.9 Å². The highest BCUT2D eigenvalue weighted by Crippen LogP contribution is 2.40. The highest BCUT2D eigenvalue weighted by atomic mass is 35.5. The number of amidine groups is 1. The second kappa shape index (κ2) is 13.4. The number of aliphatic carboxylic acids is 1. The average Bonchev–Trinajstić information content (AvgIpc) is 3.90. The topological polar surface area (TPSA) is 186 Å². The lowest BCUT2D eigenvalue weighted by Gasteiger charge is -2.49. The molecule has 0 aliphatic carbocycles. The normalized spacial score (nSPS) is 20.3. The van der Waals surface area contributed by atoms with Crippen molar-refractivity contribution in [3.63, 3.8) is 0 Å². The third-order valence-corrected chi connectivity index (χ3v) is 11.4. The molecule has 7 rings (SSSR count). The lowest BCUT2D eigenvalue weighted by molar-refractivity contribution is -0.766. The molecule has 1 aromatic carbocycles. The molecule has 49 heavy (non-hydrogen) atoms. The number of hydrogen-bond acceptors (Lipinski definition) is 11. The molecule has 2 aromatic heterocycles. The lowest BCUT2D eigenvalue weighted by Crippen LogP contribution is -2.71. The highest BCUT2D eigenvalue weighted by Gasteiger charge is 2.55. The largest absolute Gasteiger partial charge is 0.477 e. The Bertz CT molecular complexity index is 1900. The number of carbonyl (C=O) groups excluding carboxylic acids is 2. The number of hydrogen-bond donors (Lipinski definition) is 4. The fourth-order valence-corrected chi connectivity index (χ4v) is 8.92. The Balaban J connectivity index is 1.03. The van der Waals surface area contributed by atoms with Crippen LogP contribution in [0.25, 0.3) is 0 Å². The Kier molecular flexibility index (Phi) is 8.97. The summed E-state index contributed by atoms with van der Waals surface area (Å²) in [5, 5.41) is 24.7. The van der Waals surface area contributed by atoms with Crippen LogP contribution in [-0.2, 0) is 38.9 Å². The second-order valence-corrected chi connectivity index (χ2v) is 14.7. The Hall–Kier alpha value is -4.61. The number of nitrogens with zero attached hydrogens (tertiary/aromatic N) is 7. The number of benzene rings is 1. The van der Waals surface area contributed by atoms with Crippen LogP contribution in [0, 0.1) is 5.41 Å². The van der Waals surface area contributed by atoms with Crippen molar-refractivity contribution in [3.8, 4) is 0 Å². The van der Waals surface area contributed by atoms with E-state index in [0.717, 1.165) is 67.3 Å². The summed E-state index contributed by atoms with van der Waals surface area (Å²) in [5.74, 6) is -0.546. The number of β-lactam (4-membered cyclic amide) rings is 1. The molecule has 4 aliphatic rings. The van der Waals surface area contributed by atoms with Gasteiger partial charge in [-0.05, 0) is 18.4 Å². The Labute approximate surface area is 294 Å². The van der Waals surface area contributed by atoms with Gasteiger partial charge >= 0.3 is 5.97 Å². The minimum absolute atomic E-state index is 0.0272. The maximum Gasteiger partial charge on any atom is 0.352 e. The number of thioether (sulfide) groups is 1. The van der Waals surface area contributed by atoms with Crippen LogP contribution in [0.2, 0.25) is 4.34 Å². The van der Waals surface area contributed by atoms with E-state index in [1.807, 2.05) is 29.1 Å². The molecule has 6 heterocycles. The standard InChI is InChI=1S/C31H33ClN10O5S2/c1-47-37-22(21-25(32)49-31(34)36-21)27(43)35-23-28(44)42-24(30(45)46)19(16-48-29(23)42)15-40-11-8-20-39(12-13-41(20)40)14-17-4-6-18(7-5-17)26(33)38-9-2-3-10-38/h4-8,11,23,29,33H,2-3,9-10,12-16H2,1H3,(H3-,34,35,36,43,45,46)/p+1/b33-26?,37-22-/t23-,29-/m1/s1. The molecule has 0 spiro atoms. The zero-order chi connectivity index (χ0) is 34.4. The number of nitrogens with two attached hydrogens (primary N) is 1. The molecule has 0 saturated carbocycles. The van der Waals surface area contributed by atoms with Crippen LogP contribution in [0.1, 0.15) is 29.7 Å². The van der Waals surface area contributed by atoms with Crippen molar-refractivity contribution in [1.29, 1.82) is 5.41 Å². The number of halogens is 1. The first-order valence-electron chi connectivity index (χ1n) is 15.7. The number of oxime groups is 1. The average molecular weight is 726 g/mol. The highest BCUT2D eigenvalue weighted by molar-refractivity contribution is 8.00. The fourth-order valence-electron chi connectivity index (χ4n) is 6.66. The number of thiazole rings is 1. The van der Waals surface area contributed by atoms with Crippen molar-refractivity contribution < 1.29 is 29.0 Å². The molecular formula is C31H34ClN10O5S2+. The number of carboxylic acids is 1. The first-order chi connectivity index (χ1) is 23.6. The predicted octanol–water partition coefficient (Wildman–Crippen LogP) is 1.70. The molecule has 2 atom stereocenters. The van der Waals surface area contributed by atoms with Crippen molar-refractivity contribution in [2.75, 3.05) is 43.1 Å². The monoisotopic (exact) mass is 725 g/mol. The van der Waals surface area contributed by atoms with Gasteiger partial charge in [0, 0.05) is 43.1 Å². The minimum Gasteiger partial charge on any atom is -0.477 e. The van der Waals surface area contributed by atoms with Crippen molar-refractivity contribution in [3.05, 3.63) is 69.0 Å². The van der Waals surface area contributed by atoms with Crippen molar-refractivity contribution in [2.45, 2.75) is 43.9 Å². The number of likely N-dealkylation sites (tertiary alicyclic amines) is 1. The third kappa shape index (κ3) is 6.10. The van der Waals surface area contributed by atoms with E-state index in [-0.39, 0.29) is 33.1 Å². The predicted molar refractivity (Wildman–Crippen MR) is 185 cm³/mol. The summed E-state index contributed by atoms with van der Waals surface area (Å²) in [6.45, 7) is 4.39. The van der Waals surface area contributed by atoms with Gasteiger partial charge in [0.1, 0.15) is 40.1 Å². The van der Waals surface area contributed by atoms with Gasteiger partial charge in [-0.1, -0.05) is 52.4 Å². The van der Waals surface area contributed by atoms with Gasteiger partial charge in [0.15, 0.2) is 29.4 Å². The van der Waals surface area contributed by atoms with E-state index in [1.54, 1.807) is 0 Å². The van der Waals surface area contributed by atoms with Crippen molar-refractivity contribution in [1.82, 2.24) is 24.8 Å². The lowest BCUT2D eigenvalue weighted by atomic mass is 10.0. The molecule has 0 radical (unpaired) electrons. The number of rotatable bonds is 10. The van der Waals surface area contributed by atoms with Gasteiger partial charge in [0.05, 0.1) is 12.6 Å². The Morgan fingerprint density at radius 1 is 1.20 bits per heavy atom. The summed E-state index contributed by atoms with van der Waals surface area (Å²) in [6.07, 6.45) is 4.20. The molecular weight excluding hydrogens is 692 g/mol. The summed E-state index contributed by atoms with van der Waals surface area (Å²) < 4.78 is 4.24. The van der Waals surface area contributed by atoms with Gasteiger partial charge in [0.2, 0.25) is 0 Å². The molecule has 2 fully saturated rings. The molecule has 0 unspecified atom stereocenters. The van der Waals surface area contributed by atoms with Crippen LogP contribution in [0.3, 0.4) is 0 Å². The van der Waals surface area contributed by atoms with Crippen LogP contribution in [0.5, 0.6) is 0 Å². The van der Waals surface area contributed by atoms with Gasteiger partial charge < -0.3 is 30.8 Å². The van der Waals surface area contributed by atoms with Gasteiger partial charge in [-0.2, -0.15) is 0 Å². The van der Waals surface area contributed by atoms with Crippen molar-refractivity contribution in [2.24, 2.45) is 5.16 Å². The molecule has 0 bridgehead atoms. The van der Waals surface area contributed by atoms with Crippen LogP contribution < -0.4 is 20.6 Å². The summed E-state index contributed by atoms with van der Waals surface area (Å²) in [7, 11) is 1.26. The van der Waals surface area contributed by atoms with Crippen molar-refractivity contribution >= 4 is 75.0 Å². The summed E-state index contributed by atoms with van der Waals surface area (Å²) in [5.41, 5.74) is 8.09. The number of carboxylic acid groups (broad SMARTS) is 1. The fraction of sp³-hybridized carbons (Fsp3) is 0.387. The molecule has 4 aliphatic heterocycles. The summed E-state index contributed by atoms with van der Waals surface area (Å²) >= 11 is 8.53. The molecule has 15 nitrogen and oxygen atoms in total. The van der Waals surface area contributed by atoms with E-state index in [4.69, 9.17) is 27.6 Å². The number of nitrogens with one attached hydrogen (secondary N) is 2. The van der Waals surface area contributed by atoms with E-state index in [0.29, 0.717) is 23.7 Å². The SMILES string of the molecule is CO/N=C(\C(=O)N[C@@H]1C(=O)N2C(C(=O)O)=C(C[n+]3ccc4n3CCN4Cc3ccc(C(=N)N4CCCC4)cc3)CS[C@H]12)c1nc(N)sc1Cl. The number of nitrogen functional groups attached to an aromatic ring is 1. The van der Waals surface area contributed by atoms with E-state index < -0.39 is 29.2 Å². The number of amides is 2. The summed E-state index contributed by atoms with van der Waals surface area (Å²) in [4.78, 5) is 53.6. The van der Waals surface area contributed by atoms with E-state index in [9.17, 15) is 19.5 Å². The van der Waals surface area contributed by atoms with Gasteiger partial charge in [-0.15, -0.1) is 21.1 Å². The zero-order valence-electron chi connectivity index (χ0n) is 26.5. The molecule has 2 amide bonds.